The lowest BCUT2D eigenvalue weighted by Crippen LogP contribution is -2.11. The second-order valence-electron chi connectivity index (χ2n) is 7.30. The summed E-state index contributed by atoms with van der Waals surface area (Å²) >= 11 is 0. The van der Waals surface area contributed by atoms with Gasteiger partial charge in [-0.1, -0.05) is 63.2 Å². The Morgan fingerprint density at radius 1 is 0.720 bits per heavy atom. The summed E-state index contributed by atoms with van der Waals surface area (Å²) in [6.45, 7) is 6.44. The van der Waals surface area contributed by atoms with E-state index in [0.29, 0.717) is 16.7 Å². The zero-order chi connectivity index (χ0) is 18.2. The monoisotopic (exact) mass is 331 g/mol. The normalized spacial score (nSPS) is 11.5. The molecular formula is C22H21NO2. The molecule has 0 bridgehead atoms. The van der Waals surface area contributed by atoms with E-state index in [9.17, 15) is 9.59 Å². The van der Waals surface area contributed by atoms with Crippen LogP contribution in [0.5, 0.6) is 0 Å². The fraction of sp³-hybridized carbons (Fsp3) is 0.182. The van der Waals surface area contributed by atoms with Crippen LogP contribution in [0, 0.1) is 0 Å². The van der Waals surface area contributed by atoms with Crippen LogP contribution in [0.2, 0.25) is 0 Å². The Kier molecular flexibility index (Phi) is 4.17. The topological polar surface area (TPSA) is 60.2 Å². The SMILES string of the molecule is CC(C)(C)c1ccc(C(=O)c2ccc3cc(C(N)=O)ccc3c2)cc1. The second kappa shape index (κ2) is 6.17. The van der Waals surface area contributed by atoms with Crippen molar-refractivity contribution in [1.82, 2.24) is 0 Å². The average Bonchev–Trinajstić information content (AvgIpc) is 2.59. The first-order valence-electron chi connectivity index (χ1n) is 8.24. The number of carbonyl (C=O) groups excluding carboxylic acids is 2. The van der Waals surface area contributed by atoms with E-state index in [1.54, 1.807) is 18.2 Å². The molecule has 0 spiro atoms. The molecule has 0 saturated carbocycles. The molecule has 0 heterocycles. The van der Waals surface area contributed by atoms with Gasteiger partial charge < -0.3 is 5.73 Å². The van der Waals surface area contributed by atoms with Crippen LogP contribution >= 0.6 is 0 Å². The van der Waals surface area contributed by atoms with E-state index in [4.69, 9.17) is 5.73 Å². The van der Waals surface area contributed by atoms with Crippen molar-refractivity contribution in [2.24, 2.45) is 5.73 Å². The first-order chi connectivity index (χ1) is 11.8. The molecule has 0 radical (unpaired) electrons. The van der Waals surface area contributed by atoms with Gasteiger partial charge in [-0.25, -0.2) is 0 Å². The van der Waals surface area contributed by atoms with Crippen molar-refractivity contribution < 1.29 is 9.59 Å². The van der Waals surface area contributed by atoms with Crippen molar-refractivity contribution >= 4 is 22.5 Å². The quantitative estimate of drug-likeness (QED) is 0.720. The van der Waals surface area contributed by atoms with Crippen molar-refractivity contribution in [3.8, 4) is 0 Å². The largest absolute Gasteiger partial charge is 0.366 e. The molecule has 0 unspecified atom stereocenters. The maximum Gasteiger partial charge on any atom is 0.248 e. The summed E-state index contributed by atoms with van der Waals surface area (Å²) in [6, 6.07) is 18.5. The van der Waals surface area contributed by atoms with Gasteiger partial charge in [0.1, 0.15) is 0 Å². The number of rotatable bonds is 3. The van der Waals surface area contributed by atoms with Crippen LogP contribution in [-0.4, -0.2) is 11.7 Å². The summed E-state index contributed by atoms with van der Waals surface area (Å²) in [5.74, 6) is -0.470. The van der Waals surface area contributed by atoms with Gasteiger partial charge in [0, 0.05) is 16.7 Å². The summed E-state index contributed by atoms with van der Waals surface area (Å²) in [7, 11) is 0. The van der Waals surface area contributed by atoms with Gasteiger partial charge in [0.2, 0.25) is 5.91 Å². The molecule has 1 amide bonds. The van der Waals surface area contributed by atoms with E-state index >= 15 is 0 Å². The van der Waals surface area contributed by atoms with Crippen LogP contribution in [0.15, 0.2) is 60.7 Å². The molecule has 0 fully saturated rings. The Bertz CT molecular complexity index is 963. The number of hydrogen-bond acceptors (Lipinski definition) is 2. The van der Waals surface area contributed by atoms with Gasteiger partial charge in [0.05, 0.1) is 0 Å². The smallest absolute Gasteiger partial charge is 0.248 e. The molecule has 3 rings (SSSR count). The summed E-state index contributed by atoms with van der Waals surface area (Å²) in [4.78, 5) is 24.0. The highest BCUT2D eigenvalue weighted by Gasteiger charge is 2.15. The summed E-state index contributed by atoms with van der Waals surface area (Å²) in [5.41, 5.74) is 8.32. The second-order valence-corrected chi connectivity index (χ2v) is 7.30. The minimum atomic E-state index is -0.457. The minimum Gasteiger partial charge on any atom is -0.366 e. The molecular weight excluding hydrogens is 310 g/mol. The Labute approximate surface area is 147 Å². The van der Waals surface area contributed by atoms with Crippen molar-refractivity contribution in [1.29, 1.82) is 0 Å². The van der Waals surface area contributed by atoms with Gasteiger partial charge >= 0.3 is 0 Å². The Hall–Kier alpha value is -2.94. The molecule has 0 saturated heterocycles. The van der Waals surface area contributed by atoms with E-state index in [2.05, 4.69) is 20.8 Å². The summed E-state index contributed by atoms with van der Waals surface area (Å²) in [6.07, 6.45) is 0. The molecule has 3 heteroatoms. The molecule has 0 aliphatic heterocycles. The van der Waals surface area contributed by atoms with Crippen LogP contribution in [-0.2, 0) is 5.41 Å². The highest BCUT2D eigenvalue weighted by molar-refractivity contribution is 6.11. The molecule has 126 valence electrons. The zero-order valence-electron chi connectivity index (χ0n) is 14.7. The Balaban J connectivity index is 1.94. The van der Waals surface area contributed by atoms with Crippen molar-refractivity contribution in [2.75, 3.05) is 0 Å². The fourth-order valence-corrected chi connectivity index (χ4v) is 2.83. The standard InChI is InChI=1S/C22H21NO2/c1-22(2,3)19-10-8-14(9-11-19)20(24)17-6-4-16-13-18(21(23)25)7-5-15(16)12-17/h4-13H,1-3H3,(H2,23,25). The van der Waals surface area contributed by atoms with Crippen molar-refractivity contribution in [2.45, 2.75) is 26.2 Å². The third-order valence-electron chi connectivity index (χ3n) is 4.40. The number of amides is 1. The predicted octanol–water partition coefficient (Wildman–Crippen LogP) is 4.47. The van der Waals surface area contributed by atoms with Crippen molar-refractivity contribution in [3.63, 3.8) is 0 Å². The minimum absolute atomic E-state index is 0.0127. The summed E-state index contributed by atoms with van der Waals surface area (Å²) < 4.78 is 0. The molecule has 0 aliphatic carbocycles. The molecule has 3 aromatic carbocycles. The maximum atomic E-state index is 12.8. The Morgan fingerprint density at radius 3 is 1.72 bits per heavy atom. The van der Waals surface area contributed by atoms with Gasteiger partial charge in [-0.15, -0.1) is 0 Å². The van der Waals surface area contributed by atoms with E-state index in [-0.39, 0.29) is 11.2 Å². The number of carbonyl (C=O) groups is 2. The van der Waals surface area contributed by atoms with Crippen LogP contribution in [0.4, 0.5) is 0 Å². The van der Waals surface area contributed by atoms with E-state index in [1.165, 1.54) is 5.56 Å². The van der Waals surface area contributed by atoms with Crippen LogP contribution in [0.3, 0.4) is 0 Å². The molecule has 0 aromatic heterocycles. The number of hydrogen-bond donors (Lipinski definition) is 1. The van der Waals surface area contributed by atoms with E-state index in [1.807, 2.05) is 42.5 Å². The van der Waals surface area contributed by atoms with Gasteiger partial charge in [-0.2, -0.15) is 0 Å². The maximum absolute atomic E-state index is 12.8. The lowest BCUT2D eigenvalue weighted by atomic mass is 9.86. The number of ketones is 1. The first-order valence-corrected chi connectivity index (χ1v) is 8.24. The number of nitrogens with two attached hydrogens (primary N) is 1. The highest BCUT2D eigenvalue weighted by Crippen LogP contribution is 2.24. The van der Waals surface area contributed by atoms with Crippen LogP contribution < -0.4 is 5.73 Å². The third kappa shape index (κ3) is 3.45. The number of fused-ring (bicyclic) bond motifs is 1. The van der Waals surface area contributed by atoms with Crippen molar-refractivity contribution in [3.05, 3.63) is 82.9 Å². The molecule has 3 nitrogen and oxygen atoms in total. The van der Waals surface area contributed by atoms with Crippen LogP contribution in [0.1, 0.15) is 52.6 Å². The van der Waals surface area contributed by atoms with E-state index in [0.717, 1.165) is 10.8 Å². The van der Waals surface area contributed by atoms with Gasteiger partial charge in [-0.05, 0) is 39.9 Å². The molecule has 0 atom stereocenters. The third-order valence-corrected chi connectivity index (χ3v) is 4.40. The first kappa shape index (κ1) is 16.9. The lowest BCUT2D eigenvalue weighted by Gasteiger charge is -2.19. The van der Waals surface area contributed by atoms with Gasteiger partial charge in [0.25, 0.3) is 0 Å². The fourth-order valence-electron chi connectivity index (χ4n) is 2.83. The lowest BCUT2D eigenvalue weighted by molar-refractivity contribution is 0.0998. The molecule has 0 aliphatic rings. The summed E-state index contributed by atoms with van der Waals surface area (Å²) in [5, 5.41) is 1.79. The molecule has 3 aromatic rings. The number of benzene rings is 3. The van der Waals surface area contributed by atoms with E-state index < -0.39 is 5.91 Å². The highest BCUT2D eigenvalue weighted by atomic mass is 16.1. The Morgan fingerprint density at radius 2 is 1.20 bits per heavy atom. The predicted molar refractivity (Wildman–Crippen MR) is 101 cm³/mol. The number of primary amides is 1. The molecule has 2 N–H and O–H groups in total. The average molecular weight is 331 g/mol. The van der Waals surface area contributed by atoms with Gasteiger partial charge in [-0.3, -0.25) is 9.59 Å². The van der Waals surface area contributed by atoms with Gasteiger partial charge in [0.15, 0.2) is 5.78 Å². The zero-order valence-corrected chi connectivity index (χ0v) is 14.7. The molecule has 25 heavy (non-hydrogen) atoms. The van der Waals surface area contributed by atoms with Crippen LogP contribution in [0.25, 0.3) is 10.8 Å².